The standard InChI is InChI=1S/C14H21N/c1-5-15-9-8-11-6-7-12(10-13(11)15)14(2,3)4/h6-7,10H,5,8-9H2,1-4H3. The number of hydrogen-bond donors (Lipinski definition) is 0. The lowest BCUT2D eigenvalue weighted by Gasteiger charge is -2.23. The van der Waals surface area contributed by atoms with Crippen LogP contribution >= 0.6 is 0 Å². The Hall–Kier alpha value is -0.980. The minimum Gasteiger partial charge on any atom is -0.371 e. The predicted octanol–water partition coefficient (Wildman–Crippen LogP) is 3.37. The van der Waals surface area contributed by atoms with E-state index in [9.17, 15) is 0 Å². The van der Waals surface area contributed by atoms with Crippen LogP contribution in [0.1, 0.15) is 38.8 Å². The molecule has 15 heavy (non-hydrogen) atoms. The lowest BCUT2D eigenvalue weighted by atomic mass is 9.86. The van der Waals surface area contributed by atoms with Gasteiger partial charge >= 0.3 is 0 Å². The van der Waals surface area contributed by atoms with Gasteiger partial charge in [0, 0.05) is 18.8 Å². The second-order valence-electron chi connectivity index (χ2n) is 5.42. The molecule has 0 atom stereocenters. The maximum Gasteiger partial charge on any atom is 0.0402 e. The first kappa shape index (κ1) is 10.5. The van der Waals surface area contributed by atoms with Gasteiger partial charge in [0.2, 0.25) is 0 Å². The maximum atomic E-state index is 2.48. The van der Waals surface area contributed by atoms with Crippen molar-refractivity contribution in [1.29, 1.82) is 0 Å². The molecule has 1 heterocycles. The van der Waals surface area contributed by atoms with Gasteiger partial charge in [-0.2, -0.15) is 0 Å². The van der Waals surface area contributed by atoms with Crippen molar-refractivity contribution in [2.24, 2.45) is 0 Å². The van der Waals surface area contributed by atoms with E-state index in [2.05, 4.69) is 50.8 Å². The molecular formula is C14H21N. The summed E-state index contributed by atoms with van der Waals surface area (Å²) in [5, 5.41) is 0. The minimum absolute atomic E-state index is 0.261. The van der Waals surface area contributed by atoms with Crippen molar-refractivity contribution < 1.29 is 0 Å². The summed E-state index contributed by atoms with van der Waals surface area (Å²) in [6.45, 7) is 11.4. The molecule has 1 aliphatic heterocycles. The molecule has 0 radical (unpaired) electrons. The molecule has 0 N–H and O–H groups in total. The van der Waals surface area contributed by atoms with Crippen LogP contribution < -0.4 is 4.90 Å². The van der Waals surface area contributed by atoms with E-state index in [1.54, 1.807) is 0 Å². The first-order chi connectivity index (χ1) is 7.02. The van der Waals surface area contributed by atoms with Crippen LogP contribution in [0.25, 0.3) is 0 Å². The molecule has 1 aromatic carbocycles. The van der Waals surface area contributed by atoms with Crippen LogP contribution in [0.3, 0.4) is 0 Å². The monoisotopic (exact) mass is 203 g/mol. The SMILES string of the molecule is CCN1CCc2ccc(C(C)(C)C)cc21. The number of likely N-dealkylation sites (N-methyl/N-ethyl adjacent to an activating group) is 1. The molecule has 1 heteroatoms. The summed E-state index contributed by atoms with van der Waals surface area (Å²) in [7, 11) is 0. The number of hydrogen-bond acceptors (Lipinski definition) is 1. The molecule has 1 aliphatic rings. The topological polar surface area (TPSA) is 3.24 Å². The highest BCUT2D eigenvalue weighted by molar-refractivity contribution is 5.60. The van der Waals surface area contributed by atoms with Gasteiger partial charge in [-0.1, -0.05) is 32.9 Å². The van der Waals surface area contributed by atoms with Crippen molar-refractivity contribution in [2.75, 3.05) is 18.0 Å². The van der Waals surface area contributed by atoms with E-state index in [0.29, 0.717) is 0 Å². The van der Waals surface area contributed by atoms with Gasteiger partial charge in [0.1, 0.15) is 0 Å². The largest absolute Gasteiger partial charge is 0.371 e. The summed E-state index contributed by atoms with van der Waals surface area (Å²) < 4.78 is 0. The maximum absolute atomic E-state index is 2.48. The lowest BCUT2D eigenvalue weighted by molar-refractivity contribution is 0.590. The fraction of sp³-hybridized carbons (Fsp3) is 0.571. The fourth-order valence-corrected chi connectivity index (χ4v) is 2.24. The zero-order valence-corrected chi connectivity index (χ0v) is 10.3. The number of benzene rings is 1. The van der Waals surface area contributed by atoms with Gasteiger partial charge in [0.25, 0.3) is 0 Å². The lowest BCUT2D eigenvalue weighted by Crippen LogP contribution is -2.20. The third-order valence-corrected chi connectivity index (χ3v) is 3.32. The van der Waals surface area contributed by atoms with Gasteiger partial charge in [0.15, 0.2) is 0 Å². The number of anilines is 1. The van der Waals surface area contributed by atoms with Crippen LogP contribution in [0.5, 0.6) is 0 Å². The van der Waals surface area contributed by atoms with Crippen molar-refractivity contribution in [3.63, 3.8) is 0 Å². The molecule has 0 fully saturated rings. The summed E-state index contributed by atoms with van der Waals surface area (Å²) in [4.78, 5) is 2.48. The number of nitrogens with zero attached hydrogens (tertiary/aromatic N) is 1. The molecule has 0 amide bonds. The first-order valence-electron chi connectivity index (χ1n) is 5.90. The van der Waals surface area contributed by atoms with Crippen LogP contribution in [0.15, 0.2) is 18.2 Å². The van der Waals surface area contributed by atoms with Crippen molar-refractivity contribution in [2.45, 2.75) is 39.5 Å². The Morgan fingerprint density at radius 2 is 2.00 bits per heavy atom. The summed E-state index contributed by atoms with van der Waals surface area (Å²) in [6.07, 6.45) is 1.22. The Morgan fingerprint density at radius 1 is 1.27 bits per heavy atom. The highest BCUT2D eigenvalue weighted by Crippen LogP contribution is 2.32. The molecule has 82 valence electrons. The molecule has 0 saturated heterocycles. The Morgan fingerprint density at radius 3 is 2.60 bits per heavy atom. The second-order valence-corrected chi connectivity index (χ2v) is 5.42. The molecule has 0 bridgehead atoms. The average molecular weight is 203 g/mol. The average Bonchev–Trinajstić information content (AvgIpc) is 2.57. The van der Waals surface area contributed by atoms with E-state index < -0.39 is 0 Å². The van der Waals surface area contributed by atoms with E-state index in [4.69, 9.17) is 0 Å². The number of rotatable bonds is 1. The fourth-order valence-electron chi connectivity index (χ4n) is 2.24. The highest BCUT2D eigenvalue weighted by atomic mass is 15.1. The van der Waals surface area contributed by atoms with E-state index >= 15 is 0 Å². The van der Waals surface area contributed by atoms with Crippen molar-refractivity contribution in [1.82, 2.24) is 0 Å². The van der Waals surface area contributed by atoms with Crippen molar-refractivity contribution in [3.05, 3.63) is 29.3 Å². The van der Waals surface area contributed by atoms with Gasteiger partial charge in [0.05, 0.1) is 0 Å². The van der Waals surface area contributed by atoms with Crippen LogP contribution in [-0.4, -0.2) is 13.1 Å². The Bertz CT molecular complexity index is 360. The summed E-state index contributed by atoms with van der Waals surface area (Å²) in [6, 6.07) is 6.98. The first-order valence-corrected chi connectivity index (χ1v) is 5.90. The predicted molar refractivity (Wildman–Crippen MR) is 66.7 cm³/mol. The molecule has 0 saturated carbocycles. The van der Waals surface area contributed by atoms with Crippen LogP contribution in [0.4, 0.5) is 5.69 Å². The molecular weight excluding hydrogens is 182 g/mol. The second kappa shape index (κ2) is 3.55. The summed E-state index contributed by atoms with van der Waals surface area (Å²) in [5.41, 5.74) is 4.69. The van der Waals surface area contributed by atoms with E-state index in [0.717, 1.165) is 6.54 Å². The molecule has 0 spiro atoms. The molecule has 0 aromatic heterocycles. The third-order valence-electron chi connectivity index (χ3n) is 3.32. The van der Waals surface area contributed by atoms with Gasteiger partial charge < -0.3 is 4.90 Å². The molecule has 1 nitrogen and oxygen atoms in total. The molecule has 2 rings (SSSR count). The van der Waals surface area contributed by atoms with Crippen LogP contribution in [0, 0.1) is 0 Å². The zero-order chi connectivity index (χ0) is 11.1. The third kappa shape index (κ3) is 1.88. The van der Waals surface area contributed by atoms with E-state index in [1.165, 1.54) is 29.8 Å². The van der Waals surface area contributed by atoms with E-state index in [1.807, 2.05) is 0 Å². The van der Waals surface area contributed by atoms with Gasteiger partial charge in [-0.25, -0.2) is 0 Å². The Balaban J connectivity index is 2.41. The smallest absolute Gasteiger partial charge is 0.0402 e. The zero-order valence-electron chi connectivity index (χ0n) is 10.3. The molecule has 0 unspecified atom stereocenters. The number of fused-ring (bicyclic) bond motifs is 1. The summed E-state index contributed by atoms with van der Waals surface area (Å²) in [5.74, 6) is 0. The molecule has 0 aliphatic carbocycles. The highest BCUT2D eigenvalue weighted by Gasteiger charge is 2.21. The van der Waals surface area contributed by atoms with Crippen molar-refractivity contribution in [3.8, 4) is 0 Å². The van der Waals surface area contributed by atoms with Gasteiger partial charge in [-0.3, -0.25) is 0 Å². The van der Waals surface area contributed by atoms with Gasteiger partial charge in [-0.15, -0.1) is 0 Å². The van der Waals surface area contributed by atoms with Crippen LogP contribution in [-0.2, 0) is 11.8 Å². The minimum atomic E-state index is 0.261. The van der Waals surface area contributed by atoms with Crippen molar-refractivity contribution >= 4 is 5.69 Å². The van der Waals surface area contributed by atoms with E-state index in [-0.39, 0.29) is 5.41 Å². The quantitative estimate of drug-likeness (QED) is 0.676. The van der Waals surface area contributed by atoms with Gasteiger partial charge in [-0.05, 0) is 36.0 Å². The Labute approximate surface area is 93.1 Å². The Kier molecular flexibility index (Phi) is 2.49. The van der Waals surface area contributed by atoms with Crippen LogP contribution in [0.2, 0.25) is 0 Å². The molecule has 1 aromatic rings. The summed E-state index contributed by atoms with van der Waals surface area (Å²) >= 11 is 0. The normalized spacial score (nSPS) is 15.6.